The van der Waals surface area contributed by atoms with E-state index in [1.165, 1.54) is 0 Å². The second-order valence-corrected chi connectivity index (χ2v) is 6.21. The van der Waals surface area contributed by atoms with E-state index in [1.54, 1.807) is 36.3 Å². The fourth-order valence-electron chi connectivity index (χ4n) is 1.32. The van der Waals surface area contributed by atoms with E-state index in [0.717, 1.165) is 5.56 Å². The predicted molar refractivity (Wildman–Crippen MR) is 86.4 cm³/mol. The first-order valence-electron chi connectivity index (χ1n) is 5.80. The maximum absolute atomic E-state index is 8.74. The van der Waals surface area contributed by atoms with Crippen molar-refractivity contribution in [1.82, 2.24) is 14.8 Å². The number of hydrogen-bond donors (Lipinski definition) is 4. The van der Waals surface area contributed by atoms with Gasteiger partial charge >= 0.3 is 20.8 Å². The monoisotopic (exact) mass is 419 g/mol. The van der Waals surface area contributed by atoms with Crippen molar-refractivity contribution in [3.8, 4) is 17.1 Å². The molecule has 0 atom stereocenters. The van der Waals surface area contributed by atoms with E-state index in [2.05, 4.69) is 10.1 Å². The van der Waals surface area contributed by atoms with Gasteiger partial charge in [0.05, 0.1) is 12.7 Å². The molecule has 2 aromatic rings. The molecule has 0 aliphatic carbocycles. The molecular formula is C10H14ClN3O9S2. The molecule has 0 radical (unpaired) electrons. The van der Waals surface area contributed by atoms with Gasteiger partial charge in [0, 0.05) is 12.1 Å². The summed E-state index contributed by atoms with van der Waals surface area (Å²) in [6.07, 6.45) is 1.63. The van der Waals surface area contributed by atoms with E-state index in [-0.39, 0.29) is 0 Å². The van der Waals surface area contributed by atoms with Crippen molar-refractivity contribution in [2.24, 2.45) is 7.05 Å². The number of aromatic nitrogens is 3. The molecule has 0 fully saturated rings. The molecule has 0 bridgehead atoms. The Kier molecular flexibility index (Phi) is 8.92. The van der Waals surface area contributed by atoms with Gasteiger partial charge in [-0.2, -0.15) is 21.9 Å². The average molecular weight is 420 g/mol. The third-order valence-corrected chi connectivity index (χ3v) is 2.24. The Bertz CT molecular complexity index is 850. The molecule has 1 aromatic carbocycles. The van der Waals surface area contributed by atoms with Gasteiger partial charge in [-0.3, -0.25) is 22.9 Å². The van der Waals surface area contributed by atoms with Gasteiger partial charge in [-0.1, -0.05) is 11.6 Å². The summed E-state index contributed by atoms with van der Waals surface area (Å²) >= 11 is 5.91. The molecule has 0 spiro atoms. The lowest BCUT2D eigenvalue weighted by Gasteiger charge is -2.05. The largest absolute Gasteiger partial charge is 0.496 e. The zero-order valence-electron chi connectivity index (χ0n) is 12.7. The van der Waals surface area contributed by atoms with Crippen LogP contribution in [0.25, 0.3) is 11.4 Å². The number of halogens is 1. The fraction of sp³-hybridized carbons (Fsp3) is 0.200. The highest BCUT2D eigenvalue weighted by atomic mass is 35.5. The summed E-state index contributed by atoms with van der Waals surface area (Å²) in [5.41, 5.74) is 0.797. The Morgan fingerprint density at radius 2 is 1.56 bits per heavy atom. The zero-order valence-corrected chi connectivity index (χ0v) is 15.1. The Morgan fingerprint density at radius 3 is 1.92 bits per heavy atom. The average Bonchev–Trinajstić information content (AvgIpc) is 2.81. The first kappa shape index (κ1) is 23.2. The zero-order chi connectivity index (χ0) is 19.8. The van der Waals surface area contributed by atoms with Crippen LogP contribution in [0.1, 0.15) is 0 Å². The normalized spacial score (nSPS) is 10.8. The Morgan fingerprint density at radius 1 is 1.08 bits per heavy atom. The van der Waals surface area contributed by atoms with Crippen molar-refractivity contribution < 1.29 is 39.8 Å². The van der Waals surface area contributed by atoms with E-state index in [4.69, 9.17) is 51.4 Å². The van der Waals surface area contributed by atoms with Crippen molar-refractivity contribution in [1.29, 1.82) is 0 Å². The highest BCUT2D eigenvalue weighted by Gasteiger charge is 2.10. The highest BCUT2D eigenvalue weighted by molar-refractivity contribution is 7.80. The van der Waals surface area contributed by atoms with E-state index < -0.39 is 20.8 Å². The second kappa shape index (κ2) is 9.62. The van der Waals surface area contributed by atoms with Crippen LogP contribution in [0.4, 0.5) is 0 Å². The van der Waals surface area contributed by atoms with Gasteiger partial charge in [-0.25, -0.2) is 4.98 Å². The minimum Gasteiger partial charge on any atom is -0.496 e. The number of ether oxygens (including phenoxy) is 1. The van der Waals surface area contributed by atoms with Crippen LogP contribution < -0.4 is 4.74 Å². The first-order chi connectivity index (χ1) is 11.2. The van der Waals surface area contributed by atoms with Crippen LogP contribution in [-0.4, -0.2) is 56.9 Å². The summed E-state index contributed by atoms with van der Waals surface area (Å²) in [6, 6.07) is 5.36. The Balaban J connectivity index is 0.000000480. The molecule has 0 saturated heterocycles. The third-order valence-electron chi connectivity index (χ3n) is 2.00. The smallest absolute Gasteiger partial charge is 0.394 e. The molecule has 0 saturated carbocycles. The minimum absolute atomic E-state index is 0.608. The molecule has 0 unspecified atom stereocenters. The first-order valence-corrected chi connectivity index (χ1v) is 8.97. The summed E-state index contributed by atoms with van der Waals surface area (Å²) in [5.74, 6) is 1.32. The SMILES string of the molecule is COc1ccc(Cl)cc1-c1ncn(C)n1.O=S(=O)(O)O.O=S(=O)(O)O. The number of methoxy groups -OCH3 is 1. The van der Waals surface area contributed by atoms with E-state index in [0.29, 0.717) is 16.6 Å². The highest BCUT2D eigenvalue weighted by Crippen LogP contribution is 2.29. The van der Waals surface area contributed by atoms with E-state index in [9.17, 15) is 0 Å². The second-order valence-electron chi connectivity index (χ2n) is 3.98. The lowest BCUT2D eigenvalue weighted by molar-refractivity contribution is 0.378. The number of hydrogen-bond acceptors (Lipinski definition) is 7. The predicted octanol–water partition coefficient (Wildman–Crippen LogP) is 0.839. The number of nitrogens with zero attached hydrogens (tertiary/aromatic N) is 3. The van der Waals surface area contributed by atoms with Crippen molar-refractivity contribution in [3.05, 3.63) is 29.5 Å². The lowest BCUT2D eigenvalue weighted by atomic mass is 10.2. The Hall–Kier alpha value is -1.81. The summed E-state index contributed by atoms with van der Waals surface area (Å²) in [7, 11) is -5.91. The van der Waals surface area contributed by atoms with Crippen LogP contribution in [0.3, 0.4) is 0 Å². The number of benzene rings is 1. The molecule has 0 aliphatic heterocycles. The van der Waals surface area contributed by atoms with Gasteiger partial charge in [0.25, 0.3) is 0 Å². The molecule has 2 rings (SSSR count). The lowest BCUT2D eigenvalue weighted by Crippen LogP contribution is -1.91. The van der Waals surface area contributed by atoms with Gasteiger partial charge in [0.2, 0.25) is 0 Å². The van der Waals surface area contributed by atoms with Crippen molar-refractivity contribution >= 4 is 32.4 Å². The molecule has 142 valence electrons. The van der Waals surface area contributed by atoms with Crippen LogP contribution in [-0.2, 0) is 27.8 Å². The molecule has 0 amide bonds. The summed E-state index contributed by atoms with van der Waals surface area (Å²) in [6.45, 7) is 0. The van der Waals surface area contributed by atoms with E-state index >= 15 is 0 Å². The standard InChI is InChI=1S/C10H10ClN3O.2H2O4S/c1-14-6-12-10(13-14)8-5-7(11)3-4-9(8)15-2;2*1-5(2,3)4/h3-6H,1-2H3;2*(H2,1,2,3,4). The van der Waals surface area contributed by atoms with Gasteiger partial charge in [-0.15, -0.1) is 0 Å². The number of rotatable bonds is 2. The minimum atomic E-state index is -4.67. The number of aryl methyl sites for hydroxylation is 1. The fourth-order valence-corrected chi connectivity index (χ4v) is 1.49. The van der Waals surface area contributed by atoms with Crippen LogP contribution in [0.2, 0.25) is 5.02 Å². The van der Waals surface area contributed by atoms with Gasteiger partial charge in [0.1, 0.15) is 12.1 Å². The quantitative estimate of drug-likeness (QED) is 0.504. The molecule has 0 aliphatic rings. The topological polar surface area (TPSA) is 189 Å². The maximum Gasteiger partial charge on any atom is 0.394 e. The van der Waals surface area contributed by atoms with Crippen LogP contribution >= 0.6 is 11.6 Å². The van der Waals surface area contributed by atoms with Crippen LogP contribution in [0.5, 0.6) is 5.75 Å². The molecule has 25 heavy (non-hydrogen) atoms. The molecule has 1 heterocycles. The molecule has 1 aromatic heterocycles. The molecule has 15 heteroatoms. The van der Waals surface area contributed by atoms with Crippen LogP contribution in [0, 0.1) is 0 Å². The maximum atomic E-state index is 8.74. The van der Waals surface area contributed by atoms with Gasteiger partial charge in [-0.05, 0) is 18.2 Å². The van der Waals surface area contributed by atoms with Gasteiger partial charge < -0.3 is 4.74 Å². The van der Waals surface area contributed by atoms with Crippen molar-refractivity contribution in [2.45, 2.75) is 0 Å². The summed E-state index contributed by atoms with van der Waals surface area (Å²) in [5, 5.41) is 4.83. The Labute approximate surface area is 148 Å². The van der Waals surface area contributed by atoms with Crippen LogP contribution in [0.15, 0.2) is 24.5 Å². The summed E-state index contributed by atoms with van der Waals surface area (Å²) < 4.78 is 70.0. The summed E-state index contributed by atoms with van der Waals surface area (Å²) in [4.78, 5) is 4.15. The molecule has 4 N–H and O–H groups in total. The molecular weight excluding hydrogens is 406 g/mol. The van der Waals surface area contributed by atoms with Crippen molar-refractivity contribution in [2.75, 3.05) is 7.11 Å². The van der Waals surface area contributed by atoms with E-state index in [1.807, 2.05) is 7.05 Å². The molecule has 12 nitrogen and oxygen atoms in total. The van der Waals surface area contributed by atoms with Crippen molar-refractivity contribution in [3.63, 3.8) is 0 Å². The van der Waals surface area contributed by atoms with Gasteiger partial charge in [0.15, 0.2) is 5.82 Å². The third kappa shape index (κ3) is 13.2.